The maximum atomic E-state index is 5.77. The molecule has 3 rings (SSSR count). The Morgan fingerprint density at radius 1 is 1.23 bits per heavy atom. The van der Waals surface area contributed by atoms with E-state index in [-0.39, 0.29) is 5.60 Å². The molecule has 1 aromatic carbocycles. The molecule has 0 amide bonds. The fourth-order valence-electron chi connectivity index (χ4n) is 2.77. The highest BCUT2D eigenvalue weighted by molar-refractivity contribution is 7.31. The minimum Gasteiger partial charge on any atom is -0.353 e. The van der Waals surface area contributed by atoms with Crippen LogP contribution in [0.1, 0.15) is 19.4 Å². The van der Waals surface area contributed by atoms with Crippen LogP contribution in [0.2, 0.25) is 0 Å². The summed E-state index contributed by atoms with van der Waals surface area (Å²) in [5.41, 5.74) is 4.36. The number of rotatable bonds is 5. The lowest BCUT2D eigenvalue weighted by Gasteiger charge is -2.22. The Kier molecular flexibility index (Phi) is 4.10. The lowest BCUT2D eigenvalue weighted by Crippen LogP contribution is -2.23. The van der Waals surface area contributed by atoms with E-state index < -0.39 is 0 Å². The molecule has 0 saturated heterocycles. The molecule has 0 aliphatic heterocycles. The number of nitrogens with one attached hydrogen (secondary N) is 1. The predicted octanol–water partition coefficient (Wildman–Crippen LogP) is 4.86. The minimum absolute atomic E-state index is 0.273. The standard InChI is InChI=1S/C18H19N2OP/c1-18(2,21-22-3)11-15-14-9-10-19-12-16(14)20-17(15)13-7-5-4-6-8-13/h4-10,12,20H,3,11H2,1-2H3. The van der Waals surface area contributed by atoms with Crippen molar-refractivity contribution in [2.24, 2.45) is 0 Å². The predicted molar refractivity (Wildman–Crippen MR) is 94.4 cm³/mol. The summed E-state index contributed by atoms with van der Waals surface area (Å²) < 4.78 is 5.77. The van der Waals surface area contributed by atoms with Crippen molar-refractivity contribution < 1.29 is 4.52 Å². The van der Waals surface area contributed by atoms with Crippen LogP contribution in [-0.2, 0) is 10.9 Å². The number of pyridine rings is 1. The third kappa shape index (κ3) is 2.96. The molecule has 0 bridgehead atoms. The maximum Gasteiger partial charge on any atom is 0.0775 e. The number of fused-ring (bicyclic) bond motifs is 1. The number of hydrogen-bond donors (Lipinski definition) is 1. The van der Waals surface area contributed by atoms with Crippen LogP contribution in [0.4, 0.5) is 0 Å². The summed E-state index contributed by atoms with van der Waals surface area (Å²) in [6.07, 6.45) is 8.29. The number of aromatic amines is 1. The Morgan fingerprint density at radius 2 is 2.00 bits per heavy atom. The van der Waals surface area contributed by atoms with Crippen molar-refractivity contribution in [1.82, 2.24) is 9.97 Å². The maximum absolute atomic E-state index is 5.77. The smallest absolute Gasteiger partial charge is 0.0775 e. The fraction of sp³-hybridized carbons (Fsp3) is 0.222. The van der Waals surface area contributed by atoms with Gasteiger partial charge < -0.3 is 9.51 Å². The highest BCUT2D eigenvalue weighted by Gasteiger charge is 2.23. The summed E-state index contributed by atoms with van der Waals surface area (Å²) in [6, 6.07) is 12.4. The summed E-state index contributed by atoms with van der Waals surface area (Å²) in [5.74, 6) is 0. The molecule has 2 aromatic heterocycles. The van der Waals surface area contributed by atoms with Crippen LogP contribution in [0, 0.1) is 0 Å². The second kappa shape index (κ2) is 6.04. The molecule has 0 spiro atoms. The highest BCUT2D eigenvalue weighted by atomic mass is 31.1. The van der Waals surface area contributed by atoms with E-state index in [9.17, 15) is 0 Å². The van der Waals surface area contributed by atoms with Gasteiger partial charge in [0.05, 0.1) is 17.3 Å². The van der Waals surface area contributed by atoms with Crippen LogP contribution in [-0.4, -0.2) is 21.9 Å². The molecule has 0 unspecified atom stereocenters. The summed E-state index contributed by atoms with van der Waals surface area (Å²) >= 11 is 0. The Morgan fingerprint density at radius 3 is 2.73 bits per heavy atom. The molecule has 0 radical (unpaired) electrons. The molecule has 0 fully saturated rings. The van der Waals surface area contributed by atoms with Gasteiger partial charge in [-0.05, 0) is 37.3 Å². The lowest BCUT2D eigenvalue weighted by molar-refractivity contribution is 0.138. The van der Waals surface area contributed by atoms with E-state index in [0.717, 1.165) is 17.6 Å². The zero-order chi connectivity index (χ0) is 15.6. The van der Waals surface area contributed by atoms with E-state index in [1.165, 1.54) is 16.5 Å². The number of aromatic nitrogens is 2. The second-order valence-electron chi connectivity index (χ2n) is 5.92. The Hall–Kier alpha value is -1.96. The molecule has 0 aliphatic rings. The molecule has 112 valence electrons. The average molecular weight is 310 g/mol. The van der Waals surface area contributed by atoms with Gasteiger partial charge in [0.25, 0.3) is 0 Å². The first-order valence-electron chi connectivity index (χ1n) is 7.25. The van der Waals surface area contributed by atoms with Crippen LogP contribution in [0.3, 0.4) is 0 Å². The van der Waals surface area contributed by atoms with Gasteiger partial charge in [-0.25, -0.2) is 0 Å². The van der Waals surface area contributed by atoms with Gasteiger partial charge in [0.1, 0.15) is 0 Å². The summed E-state index contributed by atoms with van der Waals surface area (Å²) in [6.45, 7) is 4.19. The molecule has 4 heteroatoms. The monoisotopic (exact) mass is 310 g/mol. The molecule has 3 nitrogen and oxygen atoms in total. The zero-order valence-electron chi connectivity index (χ0n) is 12.8. The number of H-pyrrole nitrogens is 1. The van der Waals surface area contributed by atoms with E-state index in [4.69, 9.17) is 4.52 Å². The van der Waals surface area contributed by atoms with Gasteiger partial charge in [-0.15, -0.1) is 0 Å². The van der Waals surface area contributed by atoms with Crippen LogP contribution in [0.15, 0.2) is 48.8 Å². The van der Waals surface area contributed by atoms with Gasteiger partial charge in [-0.3, -0.25) is 4.98 Å². The summed E-state index contributed by atoms with van der Waals surface area (Å²) in [5, 5.41) is 1.20. The van der Waals surface area contributed by atoms with Crippen molar-refractivity contribution in [3.8, 4) is 11.3 Å². The normalized spacial score (nSPS) is 12.1. The first kappa shape index (κ1) is 15.0. The molecular formula is C18H19N2OP. The lowest BCUT2D eigenvalue weighted by atomic mass is 9.94. The molecule has 1 N–H and O–H groups in total. The fourth-order valence-corrected chi connectivity index (χ4v) is 3.18. The Bertz CT molecular complexity index is 793. The Balaban J connectivity index is 2.15. The van der Waals surface area contributed by atoms with Gasteiger partial charge in [-0.2, -0.15) is 0 Å². The van der Waals surface area contributed by atoms with Crippen molar-refractivity contribution in [3.63, 3.8) is 0 Å². The van der Waals surface area contributed by atoms with Crippen molar-refractivity contribution in [3.05, 3.63) is 54.4 Å². The summed E-state index contributed by atoms with van der Waals surface area (Å²) in [4.78, 5) is 7.73. The first-order chi connectivity index (χ1) is 10.6. The third-order valence-electron chi connectivity index (χ3n) is 3.68. The van der Waals surface area contributed by atoms with E-state index in [1.807, 2.05) is 18.5 Å². The number of hydrogen-bond acceptors (Lipinski definition) is 2. The number of nitrogens with zero attached hydrogens (tertiary/aromatic N) is 1. The minimum atomic E-state index is -0.273. The first-order valence-corrected chi connectivity index (χ1v) is 8.25. The molecule has 0 saturated carbocycles. The van der Waals surface area contributed by atoms with Gasteiger partial charge in [0.2, 0.25) is 0 Å². The van der Waals surface area contributed by atoms with Crippen molar-refractivity contribution in [2.45, 2.75) is 25.9 Å². The molecule has 22 heavy (non-hydrogen) atoms. The zero-order valence-corrected chi connectivity index (χ0v) is 13.7. The molecular weight excluding hydrogens is 291 g/mol. The number of benzene rings is 1. The highest BCUT2D eigenvalue weighted by Crippen LogP contribution is 2.34. The van der Waals surface area contributed by atoms with Gasteiger partial charge in [0.15, 0.2) is 0 Å². The van der Waals surface area contributed by atoms with Gasteiger partial charge >= 0.3 is 0 Å². The average Bonchev–Trinajstić information content (AvgIpc) is 2.86. The molecule has 3 aromatic rings. The SMILES string of the molecule is C=POC(C)(C)Cc1c(-c2ccccc2)[nH]c2cnccc12. The molecule has 2 heterocycles. The molecule has 0 atom stereocenters. The largest absolute Gasteiger partial charge is 0.353 e. The topological polar surface area (TPSA) is 37.9 Å². The van der Waals surface area contributed by atoms with Gasteiger partial charge in [-0.1, -0.05) is 30.3 Å². The van der Waals surface area contributed by atoms with Gasteiger partial charge in [0, 0.05) is 32.1 Å². The van der Waals surface area contributed by atoms with E-state index in [2.05, 4.69) is 60.4 Å². The van der Waals surface area contributed by atoms with Crippen molar-refractivity contribution in [2.75, 3.05) is 0 Å². The van der Waals surface area contributed by atoms with Crippen LogP contribution >= 0.6 is 8.43 Å². The second-order valence-corrected chi connectivity index (χ2v) is 6.36. The Labute approximate surface area is 132 Å². The van der Waals surface area contributed by atoms with Crippen molar-refractivity contribution in [1.29, 1.82) is 0 Å². The van der Waals surface area contributed by atoms with E-state index in [0.29, 0.717) is 8.43 Å². The quantitative estimate of drug-likeness (QED) is 0.683. The van der Waals surface area contributed by atoms with Crippen molar-refractivity contribution >= 4 is 25.6 Å². The van der Waals surface area contributed by atoms with E-state index in [1.54, 1.807) is 0 Å². The van der Waals surface area contributed by atoms with Crippen LogP contribution in [0.25, 0.3) is 22.2 Å². The van der Waals surface area contributed by atoms with E-state index >= 15 is 0 Å². The summed E-state index contributed by atoms with van der Waals surface area (Å²) in [7, 11) is 0.702. The van der Waals surface area contributed by atoms with Crippen LogP contribution < -0.4 is 0 Å². The third-order valence-corrected chi connectivity index (χ3v) is 4.31. The van der Waals surface area contributed by atoms with Crippen LogP contribution in [0.5, 0.6) is 0 Å². The molecule has 0 aliphatic carbocycles.